The van der Waals surface area contributed by atoms with Gasteiger partial charge in [-0.2, -0.15) is 16.1 Å². The van der Waals surface area contributed by atoms with E-state index >= 15 is 0 Å². The number of primary amides is 1. The zero-order valence-electron chi connectivity index (χ0n) is 18.3. The Morgan fingerprint density at radius 2 is 2.09 bits per heavy atom. The number of morpholine rings is 1. The number of thioether (sulfide) groups is 1. The summed E-state index contributed by atoms with van der Waals surface area (Å²) >= 11 is 1.71. The average Bonchev–Trinajstić information content (AvgIpc) is 3.10. The third-order valence-electron chi connectivity index (χ3n) is 4.88. The predicted molar refractivity (Wildman–Crippen MR) is 126 cm³/mol. The van der Waals surface area contributed by atoms with E-state index in [0.717, 1.165) is 10.1 Å². The number of nitrogens with zero attached hydrogens (tertiary/aromatic N) is 1. The number of fused-ring (bicyclic) bond motifs is 1. The molecule has 12 heteroatoms. The fourth-order valence-electron chi connectivity index (χ4n) is 3.40. The van der Waals surface area contributed by atoms with Crippen molar-refractivity contribution in [1.82, 2.24) is 14.6 Å². The van der Waals surface area contributed by atoms with Gasteiger partial charge in [-0.3, -0.25) is 9.59 Å². The van der Waals surface area contributed by atoms with E-state index < -0.39 is 22.0 Å². The first-order valence-electron chi connectivity index (χ1n) is 10.1. The van der Waals surface area contributed by atoms with Gasteiger partial charge in [0.2, 0.25) is 10.0 Å². The number of aromatic amines is 1. The first-order chi connectivity index (χ1) is 14.9. The minimum Gasteiger partial charge on any atom is -0.366 e. The lowest BCUT2D eigenvalue weighted by Crippen LogP contribution is -2.52. The molecule has 9 nitrogen and oxygen atoms in total. The van der Waals surface area contributed by atoms with Crippen LogP contribution < -0.4 is 16.5 Å². The molecule has 0 spiro atoms. The highest BCUT2D eigenvalue weighted by Crippen LogP contribution is 2.30. The fraction of sp³-hybridized carbons (Fsp3) is 0.500. The molecule has 1 fully saturated rings. The van der Waals surface area contributed by atoms with Crippen LogP contribution in [0, 0.1) is 0 Å². The average molecular weight is 478 g/mol. The fourth-order valence-corrected chi connectivity index (χ4v) is 5.98. The van der Waals surface area contributed by atoms with Gasteiger partial charge in [-0.05, 0) is 6.07 Å². The molecule has 2 heterocycles. The number of H-pyrrole nitrogens is 1. The van der Waals surface area contributed by atoms with E-state index in [4.69, 9.17) is 18.3 Å². The van der Waals surface area contributed by atoms with Crippen LogP contribution in [0.2, 0.25) is 0 Å². The number of hydrogen-bond acceptors (Lipinski definition) is 6. The molecule has 1 aromatic carbocycles. The van der Waals surface area contributed by atoms with Crippen LogP contribution in [0.1, 0.15) is 31.3 Å². The van der Waals surface area contributed by atoms with Crippen molar-refractivity contribution in [3.8, 4) is 0 Å². The molecule has 2 amide bonds. The number of rotatable bonds is 7. The van der Waals surface area contributed by atoms with Crippen LogP contribution in [0.15, 0.2) is 23.1 Å². The second-order valence-electron chi connectivity index (χ2n) is 8.47. The van der Waals surface area contributed by atoms with Gasteiger partial charge < -0.3 is 20.8 Å². The molecule has 1 unspecified atom stereocenters. The Bertz CT molecular complexity index is 1130. The van der Waals surface area contributed by atoms with E-state index in [1.54, 1.807) is 23.9 Å². The third-order valence-corrected chi connectivity index (χ3v) is 8.10. The van der Waals surface area contributed by atoms with E-state index in [0.29, 0.717) is 17.5 Å². The highest BCUT2D eigenvalue weighted by molar-refractivity contribution is 8.00. The monoisotopic (exact) mass is 478 g/mol. The zero-order valence-corrected chi connectivity index (χ0v) is 19.9. The van der Waals surface area contributed by atoms with Crippen LogP contribution in [-0.4, -0.2) is 80.2 Å². The van der Waals surface area contributed by atoms with Crippen molar-refractivity contribution in [2.24, 2.45) is 5.73 Å². The lowest BCUT2D eigenvalue weighted by atomic mass is 9.95. The number of carbonyl (C=O) groups excluding carboxylic acids is 2. The highest BCUT2D eigenvalue weighted by atomic mass is 32.2. The first kappa shape index (κ1) is 24.6. The van der Waals surface area contributed by atoms with Gasteiger partial charge in [0.15, 0.2) is 0 Å². The van der Waals surface area contributed by atoms with Gasteiger partial charge in [0.1, 0.15) is 24.5 Å². The van der Waals surface area contributed by atoms with Crippen molar-refractivity contribution in [1.29, 1.82) is 0 Å². The first-order valence-corrected chi connectivity index (χ1v) is 12.6. The van der Waals surface area contributed by atoms with Gasteiger partial charge in [0.25, 0.3) is 11.8 Å². The molecule has 1 aromatic heterocycles. The lowest BCUT2D eigenvalue weighted by Gasteiger charge is -2.31. The van der Waals surface area contributed by atoms with E-state index in [-0.39, 0.29) is 46.3 Å². The van der Waals surface area contributed by atoms with Crippen molar-refractivity contribution >= 4 is 57.8 Å². The quantitative estimate of drug-likeness (QED) is 0.382. The Morgan fingerprint density at radius 1 is 1.38 bits per heavy atom. The summed E-state index contributed by atoms with van der Waals surface area (Å²) in [5.74, 6) is -0.558. The van der Waals surface area contributed by atoms with E-state index in [2.05, 4.69) is 31.1 Å². The second kappa shape index (κ2) is 9.46. The minimum atomic E-state index is -4.17. The topological polar surface area (TPSA) is 135 Å². The van der Waals surface area contributed by atoms with Crippen molar-refractivity contribution < 1.29 is 22.7 Å². The number of sulfonamides is 1. The Morgan fingerprint density at radius 3 is 2.75 bits per heavy atom. The molecule has 0 bridgehead atoms. The van der Waals surface area contributed by atoms with E-state index in [1.165, 1.54) is 6.07 Å². The Balaban J connectivity index is 1.81. The summed E-state index contributed by atoms with van der Waals surface area (Å²) in [6, 6.07) is 4.65. The molecule has 0 aliphatic carbocycles. The zero-order chi connectivity index (χ0) is 23.7. The standard InChI is InChI=1S/C20H27BN4O5S2/c1-20(2,3)31-9-6-23-19(27)15-11-25(7-8-30-15)32(28,29)17-13-10-12(21)4-5-14(13)24-16(17)18(22)26/h4-5,10,15,24H,6-9,11H2,1-3H3,(H2,22,26)(H,23,27). The van der Waals surface area contributed by atoms with Gasteiger partial charge in [0, 0.05) is 41.0 Å². The summed E-state index contributed by atoms with van der Waals surface area (Å²) in [5, 5.41) is 3.06. The maximum absolute atomic E-state index is 13.5. The number of carbonyl (C=O) groups is 2. The second-order valence-corrected chi connectivity index (χ2v) is 12.3. The smallest absolute Gasteiger partial charge is 0.266 e. The van der Waals surface area contributed by atoms with Crippen molar-refractivity contribution in [3.05, 3.63) is 23.9 Å². The van der Waals surface area contributed by atoms with Gasteiger partial charge in [0.05, 0.1) is 6.61 Å². The van der Waals surface area contributed by atoms with Gasteiger partial charge >= 0.3 is 0 Å². The highest BCUT2D eigenvalue weighted by Gasteiger charge is 2.37. The van der Waals surface area contributed by atoms with Gasteiger partial charge in [-0.25, -0.2) is 8.42 Å². The summed E-state index contributed by atoms with van der Waals surface area (Å²) in [6.45, 7) is 6.62. The maximum atomic E-state index is 13.5. The van der Waals surface area contributed by atoms with E-state index in [9.17, 15) is 18.0 Å². The predicted octanol–water partition coefficient (Wildman–Crippen LogP) is 0.0980. The molecule has 1 aliphatic heterocycles. The third kappa shape index (κ3) is 5.48. The summed E-state index contributed by atoms with van der Waals surface area (Å²) < 4.78 is 33.8. The SMILES string of the molecule is [B]c1ccc2[nH]c(C(N)=O)c(S(=O)(=O)N3CCOC(C(=O)NCCSC(C)(C)C)C3)c2c1. The molecule has 4 N–H and O–H groups in total. The van der Waals surface area contributed by atoms with Crippen LogP contribution in [0.5, 0.6) is 0 Å². The summed E-state index contributed by atoms with van der Waals surface area (Å²) in [7, 11) is 1.67. The van der Waals surface area contributed by atoms with Gasteiger partial charge in [-0.1, -0.05) is 38.4 Å². The van der Waals surface area contributed by atoms with Crippen LogP contribution in [0.3, 0.4) is 0 Å². The number of ether oxygens (including phenoxy) is 1. The number of amides is 2. The van der Waals surface area contributed by atoms with Crippen LogP contribution >= 0.6 is 11.8 Å². The van der Waals surface area contributed by atoms with Gasteiger partial charge in [-0.15, -0.1) is 0 Å². The number of aromatic nitrogens is 1. The largest absolute Gasteiger partial charge is 0.366 e. The van der Waals surface area contributed by atoms with Crippen molar-refractivity contribution in [3.63, 3.8) is 0 Å². The summed E-state index contributed by atoms with van der Waals surface area (Å²) in [5.41, 5.74) is 5.98. The molecule has 1 atom stereocenters. The Kier molecular flexibility index (Phi) is 7.28. The van der Waals surface area contributed by atoms with Crippen LogP contribution in [0.25, 0.3) is 10.9 Å². The van der Waals surface area contributed by atoms with Crippen LogP contribution in [-0.2, 0) is 19.6 Å². The molecule has 0 saturated carbocycles. The number of benzene rings is 1. The summed E-state index contributed by atoms with van der Waals surface area (Å²) in [4.78, 5) is 27.1. The lowest BCUT2D eigenvalue weighted by molar-refractivity contribution is -0.136. The Labute approximate surface area is 193 Å². The number of hydrogen-bond donors (Lipinski definition) is 3. The normalized spacial score (nSPS) is 18.0. The molecule has 172 valence electrons. The molecule has 32 heavy (non-hydrogen) atoms. The molecule has 2 radical (unpaired) electrons. The molecule has 3 rings (SSSR count). The van der Waals surface area contributed by atoms with Crippen molar-refractivity contribution in [2.45, 2.75) is 36.5 Å². The molecule has 1 aliphatic rings. The number of nitrogens with two attached hydrogens (primary N) is 1. The minimum absolute atomic E-state index is 0.0409. The molecule has 1 saturated heterocycles. The maximum Gasteiger partial charge on any atom is 0.266 e. The van der Waals surface area contributed by atoms with Crippen LogP contribution in [0.4, 0.5) is 0 Å². The van der Waals surface area contributed by atoms with Crippen molar-refractivity contribution in [2.75, 3.05) is 32.0 Å². The van der Waals surface area contributed by atoms with E-state index in [1.807, 2.05) is 0 Å². The Hall–Kier alpha value is -2.02. The number of nitrogens with one attached hydrogen (secondary N) is 2. The molecular weight excluding hydrogens is 451 g/mol. The summed E-state index contributed by atoms with van der Waals surface area (Å²) in [6.07, 6.45) is -0.953. The molecular formula is C20H27BN4O5S2. The molecule has 2 aromatic rings.